The van der Waals surface area contributed by atoms with Crippen LogP contribution in [0, 0.1) is 5.82 Å². The van der Waals surface area contributed by atoms with Gasteiger partial charge in [0, 0.05) is 11.6 Å². The summed E-state index contributed by atoms with van der Waals surface area (Å²) in [5.41, 5.74) is -0.231. The van der Waals surface area contributed by atoms with E-state index in [9.17, 15) is 14.0 Å². The predicted octanol–water partition coefficient (Wildman–Crippen LogP) is 4.55. The van der Waals surface area contributed by atoms with Gasteiger partial charge in [-0.25, -0.2) is 9.18 Å². The molecule has 1 N–H and O–H groups in total. The standard InChI is InChI=1S/C17H15Cl2FN2O3S/c18-12-13(22-26-15(12)19)17(24)25-14(10-7-3-4-8-11(10)20)16(23)21-9-5-1-2-6-9/h3-4,7-9,14H,1-2,5-6H2,(H,21,23). The second-order valence-corrected chi connectivity index (χ2v) is 7.67. The fourth-order valence-corrected chi connectivity index (χ4v) is 3.82. The summed E-state index contributed by atoms with van der Waals surface area (Å²) >= 11 is 12.6. The summed E-state index contributed by atoms with van der Waals surface area (Å²) in [5.74, 6) is -2.16. The van der Waals surface area contributed by atoms with Crippen LogP contribution in [0.5, 0.6) is 0 Å². The largest absolute Gasteiger partial charge is 0.442 e. The molecule has 1 fully saturated rings. The van der Waals surface area contributed by atoms with Crippen LogP contribution in [0.3, 0.4) is 0 Å². The Hall–Kier alpha value is -1.70. The molecule has 1 heterocycles. The molecular weight excluding hydrogens is 402 g/mol. The van der Waals surface area contributed by atoms with Crippen molar-refractivity contribution < 1.29 is 18.7 Å². The van der Waals surface area contributed by atoms with E-state index < -0.39 is 23.8 Å². The molecule has 138 valence electrons. The average molecular weight is 417 g/mol. The number of carbonyl (C=O) groups is 2. The van der Waals surface area contributed by atoms with E-state index in [-0.39, 0.29) is 26.7 Å². The molecule has 2 aromatic rings. The van der Waals surface area contributed by atoms with Crippen LogP contribution in [0.2, 0.25) is 9.36 Å². The minimum Gasteiger partial charge on any atom is -0.442 e. The molecule has 0 radical (unpaired) electrons. The molecule has 0 aliphatic heterocycles. The maximum atomic E-state index is 14.2. The van der Waals surface area contributed by atoms with E-state index >= 15 is 0 Å². The Balaban J connectivity index is 1.85. The molecule has 0 spiro atoms. The Labute approximate surface area is 163 Å². The molecule has 9 heteroatoms. The number of hydrogen-bond acceptors (Lipinski definition) is 5. The number of nitrogens with zero attached hydrogens (tertiary/aromatic N) is 1. The molecule has 0 bridgehead atoms. The second-order valence-electron chi connectivity index (χ2n) is 5.92. The first-order valence-corrected chi connectivity index (χ1v) is 9.56. The summed E-state index contributed by atoms with van der Waals surface area (Å²) < 4.78 is 23.5. The van der Waals surface area contributed by atoms with Crippen molar-refractivity contribution in [3.05, 3.63) is 50.7 Å². The van der Waals surface area contributed by atoms with Gasteiger partial charge in [0.15, 0.2) is 5.69 Å². The van der Waals surface area contributed by atoms with Crippen LogP contribution in [0.25, 0.3) is 0 Å². The molecular formula is C17H15Cl2FN2O3S. The summed E-state index contributed by atoms with van der Waals surface area (Å²) in [6, 6.07) is 5.65. The van der Waals surface area contributed by atoms with Crippen LogP contribution in [0.4, 0.5) is 4.39 Å². The lowest BCUT2D eigenvalue weighted by molar-refractivity contribution is -0.131. The summed E-state index contributed by atoms with van der Waals surface area (Å²) in [4.78, 5) is 25.1. The van der Waals surface area contributed by atoms with Crippen LogP contribution < -0.4 is 5.32 Å². The van der Waals surface area contributed by atoms with Gasteiger partial charge >= 0.3 is 5.97 Å². The Morgan fingerprint density at radius 2 is 1.96 bits per heavy atom. The van der Waals surface area contributed by atoms with Crippen LogP contribution in [-0.4, -0.2) is 22.3 Å². The highest BCUT2D eigenvalue weighted by atomic mass is 35.5. The first-order chi connectivity index (χ1) is 12.5. The van der Waals surface area contributed by atoms with Gasteiger partial charge < -0.3 is 10.1 Å². The summed E-state index contributed by atoms with van der Waals surface area (Å²) in [6.07, 6.45) is 2.28. The lowest BCUT2D eigenvalue weighted by atomic mass is 10.1. The molecule has 1 aliphatic carbocycles. The van der Waals surface area contributed by atoms with E-state index in [0.717, 1.165) is 37.2 Å². The summed E-state index contributed by atoms with van der Waals surface area (Å²) in [7, 11) is 0. The smallest absolute Gasteiger partial charge is 0.360 e. The molecule has 3 rings (SSSR count). The van der Waals surface area contributed by atoms with Crippen molar-refractivity contribution >= 4 is 46.6 Å². The normalized spacial score (nSPS) is 15.7. The zero-order valence-corrected chi connectivity index (χ0v) is 15.8. The van der Waals surface area contributed by atoms with Gasteiger partial charge in [-0.05, 0) is 30.4 Å². The number of halogens is 3. The number of esters is 1. The zero-order chi connectivity index (χ0) is 18.7. The number of rotatable bonds is 5. The van der Waals surface area contributed by atoms with Gasteiger partial charge in [-0.3, -0.25) is 4.79 Å². The second kappa shape index (κ2) is 8.33. The number of benzene rings is 1. The number of hydrogen-bond donors (Lipinski definition) is 1. The summed E-state index contributed by atoms with van der Waals surface area (Å²) in [6.45, 7) is 0. The molecule has 1 atom stereocenters. The Morgan fingerprint density at radius 3 is 2.58 bits per heavy atom. The molecule has 26 heavy (non-hydrogen) atoms. The van der Waals surface area contributed by atoms with E-state index in [1.54, 1.807) is 6.07 Å². The number of ether oxygens (including phenoxy) is 1. The lowest BCUT2D eigenvalue weighted by Gasteiger charge is -2.20. The average Bonchev–Trinajstić information content (AvgIpc) is 3.24. The zero-order valence-electron chi connectivity index (χ0n) is 13.5. The first-order valence-electron chi connectivity index (χ1n) is 8.04. The maximum Gasteiger partial charge on any atom is 0.360 e. The maximum absolute atomic E-state index is 14.2. The third-order valence-corrected chi connectivity index (χ3v) is 5.75. The fourth-order valence-electron chi connectivity index (χ4n) is 2.84. The lowest BCUT2D eigenvalue weighted by Crippen LogP contribution is -2.38. The van der Waals surface area contributed by atoms with Gasteiger partial charge in [0.05, 0.1) is 0 Å². The van der Waals surface area contributed by atoms with Gasteiger partial charge in [0.2, 0.25) is 6.10 Å². The van der Waals surface area contributed by atoms with Crippen LogP contribution in [-0.2, 0) is 9.53 Å². The van der Waals surface area contributed by atoms with Gasteiger partial charge in [0.1, 0.15) is 15.2 Å². The number of carbonyl (C=O) groups excluding carboxylic acids is 2. The molecule has 1 aromatic carbocycles. The highest BCUT2D eigenvalue weighted by Crippen LogP contribution is 2.31. The van der Waals surface area contributed by atoms with Crippen LogP contribution in [0.1, 0.15) is 47.8 Å². The SMILES string of the molecule is O=C(OC(C(=O)NC1CCCC1)c1ccccc1F)c1nsc(Cl)c1Cl. The van der Waals surface area contributed by atoms with Crippen molar-refractivity contribution in [3.8, 4) is 0 Å². The Bertz CT molecular complexity index is 824. The van der Waals surface area contributed by atoms with Crippen LogP contribution in [0.15, 0.2) is 24.3 Å². The van der Waals surface area contributed by atoms with Crippen molar-refractivity contribution in [2.24, 2.45) is 0 Å². The number of amides is 1. The third-order valence-electron chi connectivity index (χ3n) is 4.14. The minimum absolute atomic E-state index is 0.00668. The number of nitrogens with one attached hydrogen (secondary N) is 1. The van der Waals surface area contributed by atoms with Gasteiger partial charge in [0.25, 0.3) is 5.91 Å². The molecule has 1 aliphatic rings. The monoisotopic (exact) mass is 416 g/mol. The first kappa shape index (κ1) is 19.1. The van der Waals surface area contributed by atoms with Crippen molar-refractivity contribution in [2.75, 3.05) is 0 Å². The molecule has 1 unspecified atom stereocenters. The Kier molecular flexibility index (Phi) is 6.11. The van der Waals surface area contributed by atoms with Crippen molar-refractivity contribution in [1.82, 2.24) is 9.69 Å². The number of aromatic nitrogens is 1. The molecule has 1 aromatic heterocycles. The van der Waals surface area contributed by atoms with E-state index in [4.69, 9.17) is 27.9 Å². The molecule has 0 saturated heterocycles. The topological polar surface area (TPSA) is 68.3 Å². The van der Waals surface area contributed by atoms with Crippen molar-refractivity contribution in [3.63, 3.8) is 0 Å². The van der Waals surface area contributed by atoms with E-state index in [1.807, 2.05) is 0 Å². The molecule has 1 saturated carbocycles. The van der Waals surface area contributed by atoms with Crippen LogP contribution >= 0.6 is 34.7 Å². The minimum atomic E-state index is -1.44. The third kappa shape index (κ3) is 4.16. The van der Waals surface area contributed by atoms with Crippen molar-refractivity contribution in [1.29, 1.82) is 0 Å². The van der Waals surface area contributed by atoms with Crippen molar-refractivity contribution in [2.45, 2.75) is 37.8 Å². The van der Waals surface area contributed by atoms with Gasteiger partial charge in [-0.2, -0.15) is 4.37 Å². The Morgan fingerprint density at radius 1 is 1.27 bits per heavy atom. The molecule has 5 nitrogen and oxygen atoms in total. The molecule has 1 amide bonds. The highest BCUT2D eigenvalue weighted by molar-refractivity contribution is 7.11. The highest BCUT2D eigenvalue weighted by Gasteiger charge is 2.32. The summed E-state index contributed by atoms with van der Waals surface area (Å²) in [5, 5.41) is 2.77. The van der Waals surface area contributed by atoms with E-state index in [0.29, 0.717) is 0 Å². The predicted molar refractivity (Wildman–Crippen MR) is 97.1 cm³/mol. The quantitative estimate of drug-likeness (QED) is 0.725. The van der Waals surface area contributed by atoms with E-state index in [1.165, 1.54) is 18.2 Å². The van der Waals surface area contributed by atoms with E-state index in [2.05, 4.69) is 9.69 Å². The fraction of sp³-hybridized carbons (Fsp3) is 0.353. The van der Waals surface area contributed by atoms with Gasteiger partial charge in [-0.15, -0.1) is 0 Å². The van der Waals surface area contributed by atoms with Gasteiger partial charge in [-0.1, -0.05) is 54.2 Å².